The topological polar surface area (TPSA) is 84.4 Å². The summed E-state index contributed by atoms with van der Waals surface area (Å²) in [6, 6.07) is 10.3. The Morgan fingerprint density at radius 1 is 1.00 bits per heavy atom. The van der Waals surface area contributed by atoms with Crippen molar-refractivity contribution in [3.63, 3.8) is 0 Å². The fourth-order valence-corrected chi connectivity index (χ4v) is 4.75. The summed E-state index contributed by atoms with van der Waals surface area (Å²) in [5, 5.41) is -0.141. The maximum absolute atomic E-state index is 12.8. The van der Waals surface area contributed by atoms with E-state index in [0.717, 1.165) is 23.6 Å². The van der Waals surface area contributed by atoms with E-state index < -0.39 is 19.9 Å². The summed E-state index contributed by atoms with van der Waals surface area (Å²) in [4.78, 5) is 3.76. The maximum Gasteiger partial charge on any atom is 0.244 e. The van der Waals surface area contributed by atoms with Gasteiger partial charge in [-0.15, -0.1) is 0 Å². The van der Waals surface area contributed by atoms with E-state index in [0.29, 0.717) is 12.8 Å². The zero-order valence-electron chi connectivity index (χ0n) is 13.4. The molecule has 1 aromatic heterocycles. The zero-order valence-corrected chi connectivity index (χ0v) is 15.0. The number of sulfone groups is 1. The largest absolute Gasteiger partial charge is 0.244 e. The summed E-state index contributed by atoms with van der Waals surface area (Å²) < 4.78 is 49.8. The number of pyridine rings is 1. The minimum absolute atomic E-state index is 0.00615. The molecule has 0 saturated heterocycles. The Kier molecular flexibility index (Phi) is 4.23. The van der Waals surface area contributed by atoms with Gasteiger partial charge in [-0.3, -0.25) is 0 Å². The molecule has 24 heavy (non-hydrogen) atoms. The fourth-order valence-electron chi connectivity index (χ4n) is 2.89. The minimum atomic E-state index is -3.73. The molecule has 2 aromatic rings. The standard InChI is InChI=1S/C16H18N2O4S2/c1-18(14-9-12-5-3-4-6-13(12)10-14)24(21,22)15-7-8-16(17-11-15)23(2,19)20/h3-8,11,14H,9-10H2,1-2H3. The van der Waals surface area contributed by atoms with E-state index in [-0.39, 0.29) is 16.0 Å². The molecule has 0 saturated carbocycles. The molecule has 0 spiro atoms. The lowest BCUT2D eigenvalue weighted by Gasteiger charge is -2.23. The lowest BCUT2D eigenvalue weighted by molar-refractivity contribution is 0.378. The molecule has 0 N–H and O–H groups in total. The van der Waals surface area contributed by atoms with Gasteiger partial charge in [0.15, 0.2) is 14.9 Å². The lowest BCUT2D eigenvalue weighted by Crippen LogP contribution is -2.37. The Labute approximate surface area is 142 Å². The van der Waals surface area contributed by atoms with Crippen molar-refractivity contribution in [2.24, 2.45) is 0 Å². The zero-order chi connectivity index (χ0) is 17.5. The molecule has 6 nitrogen and oxygen atoms in total. The van der Waals surface area contributed by atoms with Crippen LogP contribution in [0.5, 0.6) is 0 Å². The van der Waals surface area contributed by atoms with Gasteiger partial charge in [0, 0.05) is 25.5 Å². The first-order valence-electron chi connectivity index (χ1n) is 7.40. The second-order valence-corrected chi connectivity index (χ2v) is 9.92. The van der Waals surface area contributed by atoms with Crippen molar-refractivity contribution in [1.29, 1.82) is 0 Å². The molecule has 1 aromatic carbocycles. The second-order valence-electron chi connectivity index (χ2n) is 5.96. The van der Waals surface area contributed by atoms with Crippen LogP contribution < -0.4 is 0 Å². The number of likely N-dealkylation sites (N-methyl/N-ethyl adjacent to an activating group) is 1. The molecule has 0 atom stereocenters. The van der Waals surface area contributed by atoms with Crippen LogP contribution in [0.1, 0.15) is 11.1 Å². The van der Waals surface area contributed by atoms with Crippen LogP contribution in [0.15, 0.2) is 52.5 Å². The number of hydrogen-bond donors (Lipinski definition) is 0. The molecule has 0 radical (unpaired) electrons. The first-order chi connectivity index (χ1) is 11.2. The summed E-state index contributed by atoms with van der Waals surface area (Å²) in [5.74, 6) is 0. The molecule has 0 aliphatic heterocycles. The van der Waals surface area contributed by atoms with Crippen molar-refractivity contribution in [3.05, 3.63) is 53.7 Å². The van der Waals surface area contributed by atoms with Crippen molar-refractivity contribution in [2.45, 2.75) is 28.8 Å². The van der Waals surface area contributed by atoms with Gasteiger partial charge in [0.25, 0.3) is 0 Å². The SMILES string of the molecule is CN(C1Cc2ccccc2C1)S(=O)(=O)c1ccc(S(C)(=O)=O)nc1. The average molecular weight is 366 g/mol. The second kappa shape index (κ2) is 5.94. The first kappa shape index (κ1) is 17.1. The first-order valence-corrected chi connectivity index (χ1v) is 10.7. The number of hydrogen-bond acceptors (Lipinski definition) is 5. The number of benzene rings is 1. The molecular weight excluding hydrogens is 348 g/mol. The van der Waals surface area contributed by atoms with Crippen LogP contribution in [0.3, 0.4) is 0 Å². The van der Waals surface area contributed by atoms with E-state index in [2.05, 4.69) is 4.98 Å². The van der Waals surface area contributed by atoms with Gasteiger partial charge in [0.1, 0.15) is 4.90 Å². The monoisotopic (exact) mass is 366 g/mol. The summed E-state index contributed by atoms with van der Waals surface area (Å²) >= 11 is 0. The Balaban J connectivity index is 1.86. The molecular formula is C16H18N2O4S2. The molecule has 0 amide bonds. The molecule has 0 fully saturated rings. The smallest absolute Gasteiger partial charge is 0.243 e. The number of aromatic nitrogens is 1. The molecule has 0 unspecified atom stereocenters. The van der Waals surface area contributed by atoms with E-state index in [1.807, 2.05) is 24.3 Å². The lowest BCUT2D eigenvalue weighted by atomic mass is 10.1. The molecule has 1 heterocycles. The van der Waals surface area contributed by atoms with Gasteiger partial charge in [0.05, 0.1) is 0 Å². The normalized spacial score (nSPS) is 15.6. The van der Waals surface area contributed by atoms with Crippen LogP contribution >= 0.6 is 0 Å². The number of fused-ring (bicyclic) bond motifs is 1. The van der Waals surface area contributed by atoms with E-state index in [4.69, 9.17) is 0 Å². The number of rotatable bonds is 4. The minimum Gasteiger partial charge on any atom is -0.243 e. The van der Waals surface area contributed by atoms with E-state index >= 15 is 0 Å². The quantitative estimate of drug-likeness (QED) is 0.814. The van der Waals surface area contributed by atoms with Crippen molar-refractivity contribution in [2.75, 3.05) is 13.3 Å². The van der Waals surface area contributed by atoms with Crippen LogP contribution in [0, 0.1) is 0 Å². The highest BCUT2D eigenvalue weighted by Crippen LogP contribution is 2.28. The van der Waals surface area contributed by atoms with Crippen molar-refractivity contribution >= 4 is 19.9 Å². The van der Waals surface area contributed by atoms with E-state index in [1.54, 1.807) is 7.05 Å². The summed E-state index contributed by atoms with van der Waals surface area (Å²) in [7, 11) is -5.63. The van der Waals surface area contributed by atoms with Crippen molar-refractivity contribution in [1.82, 2.24) is 9.29 Å². The average Bonchev–Trinajstić information content (AvgIpc) is 2.97. The highest BCUT2D eigenvalue weighted by atomic mass is 32.2. The molecule has 1 aliphatic rings. The summed E-state index contributed by atoms with van der Waals surface area (Å²) in [6.07, 6.45) is 3.47. The van der Waals surface area contributed by atoms with Gasteiger partial charge < -0.3 is 0 Å². The van der Waals surface area contributed by atoms with Crippen LogP contribution in [-0.4, -0.2) is 45.5 Å². The predicted octanol–water partition coefficient (Wildman–Crippen LogP) is 1.27. The van der Waals surface area contributed by atoms with E-state index in [1.165, 1.54) is 16.4 Å². The van der Waals surface area contributed by atoms with Crippen LogP contribution in [-0.2, 0) is 32.7 Å². The number of sulfonamides is 1. The highest BCUT2D eigenvalue weighted by Gasteiger charge is 2.32. The molecule has 128 valence electrons. The highest BCUT2D eigenvalue weighted by molar-refractivity contribution is 7.90. The molecule has 1 aliphatic carbocycles. The maximum atomic E-state index is 12.8. The van der Waals surface area contributed by atoms with Gasteiger partial charge in [-0.05, 0) is 36.1 Å². The van der Waals surface area contributed by atoms with Crippen LogP contribution in [0.4, 0.5) is 0 Å². The summed E-state index contributed by atoms with van der Waals surface area (Å²) in [5.41, 5.74) is 2.32. The van der Waals surface area contributed by atoms with Gasteiger partial charge in [-0.25, -0.2) is 21.8 Å². The van der Waals surface area contributed by atoms with Crippen molar-refractivity contribution < 1.29 is 16.8 Å². The Hall–Kier alpha value is -1.77. The molecule has 0 bridgehead atoms. The van der Waals surface area contributed by atoms with Gasteiger partial charge in [-0.2, -0.15) is 4.31 Å². The Morgan fingerprint density at radius 2 is 1.58 bits per heavy atom. The number of nitrogens with zero attached hydrogens (tertiary/aromatic N) is 2. The molecule has 3 rings (SSSR count). The van der Waals surface area contributed by atoms with Gasteiger partial charge in [-0.1, -0.05) is 24.3 Å². The van der Waals surface area contributed by atoms with Crippen LogP contribution in [0.25, 0.3) is 0 Å². The summed E-state index contributed by atoms with van der Waals surface area (Å²) in [6.45, 7) is 0. The molecule has 8 heteroatoms. The van der Waals surface area contributed by atoms with Crippen molar-refractivity contribution in [3.8, 4) is 0 Å². The van der Waals surface area contributed by atoms with Gasteiger partial charge >= 0.3 is 0 Å². The van der Waals surface area contributed by atoms with Gasteiger partial charge in [0.2, 0.25) is 10.0 Å². The third kappa shape index (κ3) is 3.09. The Bertz CT molecular complexity index is 942. The fraction of sp³-hybridized carbons (Fsp3) is 0.312. The third-order valence-electron chi connectivity index (χ3n) is 4.31. The Morgan fingerprint density at radius 3 is 2.04 bits per heavy atom. The van der Waals surface area contributed by atoms with Crippen LogP contribution in [0.2, 0.25) is 0 Å². The predicted molar refractivity (Wildman–Crippen MR) is 89.9 cm³/mol. The van der Waals surface area contributed by atoms with E-state index in [9.17, 15) is 16.8 Å². The third-order valence-corrected chi connectivity index (χ3v) is 7.20.